The summed E-state index contributed by atoms with van der Waals surface area (Å²) in [5.41, 5.74) is 2.85. The van der Waals surface area contributed by atoms with Crippen molar-refractivity contribution in [1.82, 2.24) is 29.5 Å². The second-order valence-corrected chi connectivity index (χ2v) is 11.3. The summed E-state index contributed by atoms with van der Waals surface area (Å²) in [5, 5.41) is 7.87. The highest BCUT2D eigenvalue weighted by atomic mass is 19.1. The van der Waals surface area contributed by atoms with Crippen molar-refractivity contribution < 1.29 is 13.9 Å². The molecule has 212 valence electrons. The Labute approximate surface area is 229 Å². The van der Waals surface area contributed by atoms with Crippen molar-refractivity contribution in [2.45, 2.75) is 71.7 Å². The maximum Gasteiger partial charge on any atom is 0.322 e. The minimum Gasteiger partial charge on any atom is -0.368 e. The van der Waals surface area contributed by atoms with Crippen molar-refractivity contribution in [3.8, 4) is 11.5 Å². The minimum absolute atomic E-state index is 0.0246. The predicted molar refractivity (Wildman–Crippen MR) is 152 cm³/mol. The lowest BCUT2D eigenvalue weighted by molar-refractivity contribution is -0.0393. The Morgan fingerprint density at radius 1 is 1.13 bits per heavy atom. The van der Waals surface area contributed by atoms with Gasteiger partial charge in [0, 0.05) is 44.4 Å². The SMILES string of the molecule is CC(C)N(C(=O)Nc1cn(C2CCCCO2)nc1-c1nc2cc(N3CCCN(C)CC3)c(F)cc2[nH]1)C(C)C. The smallest absolute Gasteiger partial charge is 0.322 e. The number of nitrogens with zero attached hydrogens (tertiary/aromatic N) is 6. The molecule has 2 fully saturated rings. The molecule has 1 aromatic carbocycles. The van der Waals surface area contributed by atoms with Gasteiger partial charge in [0.15, 0.2) is 11.5 Å². The molecule has 0 spiro atoms. The fourth-order valence-electron chi connectivity index (χ4n) is 5.64. The number of ether oxygens (including phenoxy) is 1. The van der Waals surface area contributed by atoms with Crippen LogP contribution in [0.2, 0.25) is 0 Å². The molecule has 2 N–H and O–H groups in total. The van der Waals surface area contributed by atoms with E-state index in [0.717, 1.165) is 51.9 Å². The molecule has 1 unspecified atom stereocenters. The number of anilines is 2. The second-order valence-electron chi connectivity index (χ2n) is 11.3. The number of fused-ring (bicyclic) bond motifs is 1. The summed E-state index contributed by atoms with van der Waals surface area (Å²) < 4.78 is 23.0. The number of benzene rings is 1. The van der Waals surface area contributed by atoms with Gasteiger partial charge < -0.3 is 29.7 Å². The van der Waals surface area contributed by atoms with Crippen LogP contribution >= 0.6 is 0 Å². The molecule has 1 atom stereocenters. The van der Waals surface area contributed by atoms with Crippen LogP contribution in [-0.4, -0.2) is 87.5 Å². The Morgan fingerprint density at radius 2 is 1.92 bits per heavy atom. The summed E-state index contributed by atoms with van der Waals surface area (Å²) in [7, 11) is 2.10. The van der Waals surface area contributed by atoms with E-state index in [4.69, 9.17) is 14.8 Å². The van der Waals surface area contributed by atoms with E-state index < -0.39 is 0 Å². The highest BCUT2D eigenvalue weighted by molar-refractivity contribution is 5.94. The van der Waals surface area contributed by atoms with Crippen LogP contribution in [0.4, 0.5) is 20.6 Å². The maximum atomic E-state index is 15.3. The summed E-state index contributed by atoms with van der Waals surface area (Å²) in [4.78, 5) is 27.5. The van der Waals surface area contributed by atoms with Crippen molar-refractivity contribution in [3.05, 3.63) is 24.1 Å². The molecule has 2 saturated heterocycles. The molecule has 0 radical (unpaired) electrons. The molecular formula is C28H41FN8O2. The number of nitrogens with one attached hydrogen (secondary N) is 2. The summed E-state index contributed by atoms with van der Waals surface area (Å²) in [5.74, 6) is 0.198. The Hall–Kier alpha value is -3.18. The highest BCUT2D eigenvalue weighted by Crippen LogP contribution is 2.33. The minimum atomic E-state index is -0.276. The summed E-state index contributed by atoms with van der Waals surface area (Å²) >= 11 is 0. The molecule has 0 aliphatic carbocycles. The molecule has 2 aliphatic heterocycles. The number of likely N-dealkylation sites (N-methyl/N-ethyl adjacent to an activating group) is 1. The zero-order valence-electron chi connectivity index (χ0n) is 23.7. The average molecular weight is 541 g/mol. The highest BCUT2D eigenvalue weighted by Gasteiger charge is 2.26. The Kier molecular flexibility index (Phi) is 8.08. The van der Waals surface area contributed by atoms with Gasteiger partial charge in [-0.05, 0) is 73.0 Å². The Morgan fingerprint density at radius 3 is 2.64 bits per heavy atom. The number of hydrogen-bond acceptors (Lipinski definition) is 6. The van der Waals surface area contributed by atoms with Crippen LogP contribution in [0.3, 0.4) is 0 Å². The first kappa shape index (κ1) is 27.4. The van der Waals surface area contributed by atoms with E-state index in [1.54, 1.807) is 9.58 Å². The molecule has 5 rings (SSSR count). The molecule has 4 heterocycles. The van der Waals surface area contributed by atoms with E-state index in [1.165, 1.54) is 6.07 Å². The zero-order chi connectivity index (χ0) is 27.7. The lowest BCUT2D eigenvalue weighted by atomic mass is 10.2. The van der Waals surface area contributed by atoms with Gasteiger partial charge in [-0.25, -0.2) is 18.9 Å². The van der Waals surface area contributed by atoms with E-state index >= 15 is 4.39 Å². The Balaban J connectivity index is 1.50. The van der Waals surface area contributed by atoms with Gasteiger partial charge in [-0.15, -0.1) is 0 Å². The van der Waals surface area contributed by atoms with Gasteiger partial charge in [-0.2, -0.15) is 5.10 Å². The first-order chi connectivity index (χ1) is 18.7. The fraction of sp³-hybridized carbons (Fsp3) is 0.607. The van der Waals surface area contributed by atoms with Gasteiger partial charge >= 0.3 is 6.03 Å². The molecular weight excluding hydrogens is 499 g/mol. The van der Waals surface area contributed by atoms with Crippen LogP contribution in [0, 0.1) is 5.82 Å². The molecule has 10 nitrogen and oxygen atoms in total. The standard InChI is InChI=1S/C28H41FN8O2/c1-18(2)37(19(3)4)28(38)32-23-17-36(25-9-6-7-14-39-25)33-26(23)27-30-21-15-20(29)24(16-22(21)31-27)35-11-8-10-34(5)12-13-35/h15-19,25H,6-14H2,1-5H3,(H,30,31)(H,32,38). The maximum absolute atomic E-state index is 15.3. The third-order valence-electron chi connectivity index (χ3n) is 7.61. The van der Waals surface area contributed by atoms with E-state index in [2.05, 4.69) is 27.1 Å². The van der Waals surface area contributed by atoms with Crippen molar-refractivity contribution >= 4 is 28.4 Å². The van der Waals surface area contributed by atoms with E-state index in [-0.39, 0.29) is 30.2 Å². The molecule has 39 heavy (non-hydrogen) atoms. The lowest BCUT2D eigenvalue weighted by Crippen LogP contribution is -2.44. The van der Waals surface area contributed by atoms with Crippen molar-refractivity contribution in [3.63, 3.8) is 0 Å². The van der Waals surface area contributed by atoms with Gasteiger partial charge in [0.05, 0.1) is 28.6 Å². The first-order valence-corrected chi connectivity index (χ1v) is 14.1. The van der Waals surface area contributed by atoms with E-state index in [1.807, 2.05) is 40.0 Å². The Bertz CT molecular complexity index is 1290. The number of rotatable bonds is 6. The number of halogens is 1. The topological polar surface area (TPSA) is 94.5 Å². The number of hydrogen-bond donors (Lipinski definition) is 2. The molecule has 0 bridgehead atoms. The number of amides is 2. The van der Waals surface area contributed by atoms with E-state index in [9.17, 15) is 4.79 Å². The van der Waals surface area contributed by atoms with Gasteiger partial charge in [0.1, 0.15) is 12.0 Å². The van der Waals surface area contributed by atoms with Gasteiger partial charge in [-0.1, -0.05) is 0 Å². The number of aromatic nitrogens is 4. The molecule has 2 aliphatic rings. The van der Waals surface area contributed by atoms with E-state index in [0.29, 0.717) is 40.5 Å². The zero-order valence-corrected chi connectivity index (χ0v) is 23.7. The molecule has 0 saturated carbocycles. The van der Waals surface area contributed by atoms with Gasteiger partial charge in [0.2, 0.25) is 0 Å². The number of aromatic amines is 1. The average Bonchev–Trinajstić information content (AvgIpc) is 3.42. The van der Waals surface area contributed by atoms with Gasteiger partial charge in [0.25, 0.3) is 0 Å². The largest absolute Gasteiger partial charge is 0.368 e. The monoisotopic (exact) mass is 540 g/mol. The number of carbonyl (C=O) groups is 1. The summed E-state index contributed by atoms with van der Waals surface area (Å²) in [6.07, 6.45) is 5.51. The summed E-state index contributed by atoms with van der Waals surface area (Å²) in [6, 6.07) is 3.16. The van der Waals surface area contributed by atoms with Crippen LogP contribution in [-0.2, 0) is 4.74 Å². The van der Waals surface area contributed by atoms with Crippen molar-refractivity contribution in [2.24, 2.45) is 0 Å². The second kappa shape index (κ2) is 11.5. The van der Waals surface area contributed by atoms with Crippen LogP contribution in [0.1, 0.15) is 59.6 Å². The number of urea groups is 1. The van der Waals surface area contributed by atoms with Gasteiger partial charge in [-0.3, -0.25) is 0 Å². The first-order valence-electron chi connectivity index (χ1n) is 14.1. The third-order valence-corrected chi connectivity index (χ3v) is 7.61. The molecule has 11 heteroatoms. The fourth-order valence-corrected chi connectivity index (χ4v) is 5.64. The van der Waals surface area contributed by atoms with Crippen LogP contribution in [0.25, 0.3) is 22.6 Å². The summed E-state index contributed by atoms with van der Waals surface area (Å²) in [6.45, 7) is 12.1. The normalized spacial score (nSPS) is 19.2. The van der Waals surface area contributed by atoms with Crippen LogP contribution in [0.15, 0.2) is 18.3 Å². The van der Waals surface area contributed by atoms with Crippen LogP contribution < -0.4 is 10.2 Å². The number of carbonyl (C=O) groups excluding carboxylic acids is 1. The quantitative estimate of drug-likeness (QED) is 0.454. The number of imidazole rings is 1. The molecule has 3 aromatic rings. The molecule has 2 aromatic heterocycles. The third kappa shape index (κ3) is 5.89. The van der Waals surface area contributed by atoms with Crippen molar-refractivity contribution in [2.75, 3.05) is 50.1 Å². The van der Waals surface area contributed by atoms with Crippen LogP contribution in [0.5, 0.6) is 0 Å². The predicted octanol–water partition coefficient (Wildman–Crippen LogP) is 5.06. The molecule has 2 amide bonds. The number of H-pyrrole nitrogens is 1. The lowest BCUT2D eigenvalue weighted by Gasteiger charge is -2.30. The van der Waals surface area contributed by atoms with Crippen molar-refractivity contribution in [1.29, 1.82) is 0 Å².